The van der Waals surface area contributed by atoms with E-state index in [0.717, 1.165) is 23.6 Å². The van der Waals surface area contributed by atoms with Crippen molar-refractivity contribution in [2.75, 3.05) is 25.4 Å². The van der Waals surface area contributed by atoms with Crippen molar-refractivity contribution >= 4 is 11.8 Å². The molecule has 0 radical (unpaired) electrons. The molecule has 0 spiro atoms. The smallest absolute Gasteiger partial charge is 0.125 e. The van der Waals surface area contributed by atoms with Crippen LogP contribution in [0, 0.1) is 5.82 Å². The van der Waals surface area contributed by atoms with Crippen LogP contribution in [-0.4, -0.2) is 42.5 Å². The van der Waals surface area contributed by atoms with Gasteiger partial charge < -0.3 is 5.73 Å². The molecule has 1 saturated heterocycles. The van der Waals surface area contributed by atoms with Crippen LogP contribution in [0.3, 0.4) is 0 Å². The van der Waals surface area contributed by atoms with E-state index in [4.69, 9.17) is 5.73 Å². The molecule has 0 aliphatic carbocycles. The molecule has 1 aliphatic heterocycles. The number of rotatable bonds is 6. The van der Waals surface area contributed by atoms with E-state index in [-0.39, 0.29) is 11.9 Å². The second kappa shape index (κ2) is 6.50. The van der Waals surface area contributed by atoms with Crippen molar-refractivity contribution < 1.29 is 8.78 Å². The van der Waals surface area contributed by atoms with Crippen LogP contribution in [0.4, 0.5) is 8.78 Å². The fourth-order valence-corrected chi connectivity index (χ4v) is 2.76. The summed E-state index contributed by atoms with van der Waals surface area (Å²) in [5.74, 6) is 0.584. The molecule has 0 saturated carbocycles. The second-order valence-electron chi connectivity index (χ2n) is 4.67. The van der Waals surface area contributed by atoms with Gasteiger partial charge in [0.25, 0.3) is 0 Å². The lowest BCUT2D eigenvalue weighted by Gasteiger charge is -2.34. The number of hydrogen-bond acceptors (Lipinski definition) is 3. The van der Waals surface area contributed by atoms with E-state index in [2.05, 4.69) is 4.90 Å². The molecule has 1 fully saturated rings. The summed E-state index contributed by atoms with van der Waals surface area (Å²) in [6, 6.07) is 6.52. The van der Waals surface area contributed by atoms with Crippen LogP contribution in [-0.2, 0) is 0 Å². The minimum atomic E-state index is -0.644. The molecule has 2 N–H and O–H groups in total. The Labute approximate surface area is 111 Å². The van der Waals surface area contributed by atoms with Gasteiger partial charge in [0.2, 0.25) is 0 Å². The van der Waals surface area contributed by atoms with Crippen LogP contribution in [0.15, 0.2) is 29.2 Å². The van der Waals surface area contributed by atoms with E-state index in [1.54, 1.807) is 23.9 Å². The predicted molar refractivity (Wildman–Crippen MR) is 71.1 cm³/mol. The molecule has 100 valence electrons. The van der Waals surface area contributed by atoms with Crippen molar-refractivity contribution in [3.05, 3.63) is 30.1 Å². The molecule has 0 bridgehead atoms. The fourth-order valence-electron chi connectivity index (χ4n) is 1.86. The Kier molecular flexibility index (Phi) is 4.97. The molecule has 1 aromatic carbocycles. The Hall–Kier alpha value is -0.650. The maximum atomic E-state index is 12.7. The van der Waals surface area contributed by atoms with E-state index in [1.807, 2.05) is 0 Å². The van der Waals surface area contributed by atoms with E-state index >= 15 is 0 Å². The predicted octanol–water partition coefficient (Wildman–Crippen LogP) is 2.29. The Balaban J connectivity index is 1.62. The average molecular weight is 272 g/mol. The van der Waals surface area contributed by atoms with Crippen LogP contribution in [0.25, 0.3) is 0 Å². The summed E-state index contributed by atoms with van der Waals surface area (Å²) >= 11 is 1.63. The Morgan fingerprint density at radius 3 is 2.61 bits per heavy atom. The maximum Gasteiger partial charge on any atom is 0.125 e. The summed E-state index contributed by atoms with van der Waals surface area (Å²) in [5.41, 5.74) is 6.00. The maximum absolute atomic E-state index is 12.7. The fraction of sp³-hybridized carbons (Fsp3) is 0.538. The molecule has 5 heteroatoms. The third-order valence-corrected chi connectivity index (χ3v) is 4.21. The minimum Gasteiger partial charge on any atom is -0.327 e. The lowest BCUT2D eigenvalue weighted by molar-refractivity contribution is 0.0638. The van der Waals surface area contributed by atoms with Gasteiger partial charge in [-0.05, 0) is 37.2 Å². The summed E-state index contributed by atoms with van der Waals surface area (Å²) in [6.07, 6.45) is 0.232. The molecule has 18 heavy (non-hydrogen) atoms. The summed E-state index contributed by atoms with van der Waals surface area (Å²) in [4.78, 5) is 3.10. The van der Waals surface area contributed by atoms with E-state index < -0.39 is 6.17 Å². The Bertz CT molecular complexity index is 366. The highest BCUT2D eigenvalue weighted by Crippen LogP contribution is 2.19. The molecule has 0 aromatic heterocycles. The van der Waals surface area contributed by atoms with E-state index in [9.17, 15) is 8.78 Å². The van der Waals surface area contributed by atoms with E-state index in [0.29, 0.717) is 13.1 Å². The lowest BCUT2D eigenvalue weighted by Crippen LogP contribution is -2.49. The second-order valence-corrected chi connectivity index (χ2v) is 5.76. The SMILES string of the molecule is N[C@H](CCN1CC(F)C1)CSc1ccc(F)cc1. The summed E-state index contributed by atoms with van der Waals surface area (Å²) < 4.78 is 25.3. The quantitative estimate of drug-likeness (QED) is 0.806. The molecule has 1 aromatic rings. The molecule has 0 amide bonds. The molecule has 1 atom stereocenters. The number of hydrogen-bond donors (Lipinski definition) is 1. The number of nitrogens with zero attached hydrogens (tertiary/aromatic N) is 1. The van der Waals surface area contributed by atoms with Crippen LogP contribution < -0.4 is 5.73 Å². The van der Waals surface area contributed by atoms with Crippen LogP contribution in [0.2, 0.25) is 0 Å². The van der Waals surface area contributed by atoms with Crippen molar-refractivity contribution in [1.82, 2.24) is 4.90 Å². The largest absolute Gasteiger partial charge is 0.327 e. The normalized spacial score (nSPS) is 18.6. The van der Waals surface area contributed by atoms with Gasteiger partial charge in [-0.1, -0.05) is 0 Å². The molecule has 2 nitrogen and oxygen atoms in total. The molecule has 2 rings (SSSR count). The van der Waals surface area contributed by atoms with Gasteiger partial charge in [-0.2, -0.15) is 0 Å². The number of benzene rings is 1. The van der Waals surface area contributed by atoms with E-state index in [1.165, 1.54) is 12.1 Å². The lowest BCUT2D eigenvalue weighted by atomic mass is 10.1. The zero-order valence-electron chi connectivity index (χ0n) is 10.2. The topological polar surface area (TPSA) is 29.3 Å². The first-order chi connectivity index (χ1) is 8.63. The van der Waals surface area contributed by atoms with Crippen molar-refractivity contribution in [1.29, 1.82) is 0 Å². The van der Waals surface area contributed by atoms with Gasteiger partial charge in [-0.25, -0.2) is 8.78 Å². The first-order valence-electron chi connectivity index (χ1n) is 6.14. The standard InChI is InChI=1S/C13H18F2N2S/c14-10-1-3-13(4-2-10)18-9-12(16)5-6-17-7-11(15)8-17/h1-4,11-12H,5-9,16H2/t12-/m1/s1. The number of halogens is 2. The van der Waals surface area contributed by atoms with Gasteiger partial charge >= 0.3 is 0 Å². The minimum absolute atomic E-state index is 0.0960. The number of likely N-dealkylation sites (tertiary alicyclic amines) is 1. The monoisotopic (exact) mass is 272 g/mol. The van der Waals surface area contributed by atoms with Crippen molar-refractivity contribution in [3.63, 3.8) is 0 Å². The van der Waals surface area contributed by atoms with Crippen molar-refractivity contribution in [2.45, 2.75) is 23.5 Å². The van der Waals surface area contributed by atoms with Crippen LogP contribution >= 0.6 is 11.8 Å². The Morgan fingerprint density at radius 1 is 1.33 bits per heavy atom. The van der Waals surface area contributed by atoms with Crippen LogP contribution in [0.5, 0.6) is 0 Å². The van der Waals surface area contributed by atoms with Gasteiger partial charge in [-0.3, -0.25) is 4.90 Å². The van der Waals surface area contributed by atoms with Gasteiger partial charge in [0.05, 0.1) is 0 Å². The van der Waals surface area contributed by atoms with Crippen molar-refractivity contribution in [2.24, 2.45) is 5.73 Å². The zero-order valence-corrected chi connectivity index (χ0v) is 11.0. The molecular formula is C13H18F2N2S. The van der Waals surface area contributed by atoms with Gasteiger partial charge in [0.1, 0.15) is 12.0 Å². The third-order valence-electron chi connectivity index (χ3n) is 3.01. The molecule has 0 unspecified atom stereocenters. The molecular weight excluding hydrogens is 254 g/mol. The number of alkyl halides is 1. The number of nitrogens with two attached hydrogens (primary N) is 1. The zero-order chi connectivity index (χ0) is 13.0. The average Bonchev–Trinajstić information content (AvgIpc) is 2.32. The highest BCUT2D eigenvalue weighted by Gasteiger charge is 2.25. The van der Waals surface area contributed by atoms with Gasteiger partial charge in [0, 0.05) is 29.8 Å². The van der Waals surface area contributed by atoms with Crippen molar-refractivity contribution in [3.8, 4) is 0 Å². The number of thioether (sulfide) groups is 1. The summed E-state index contributed by atoms with van der Waals surface area (Å²) in [5, 5.41) is 0. The highest BCUT2D eigenvalue weighted by molar-refractivity contribution is 7.99. The first-order valence-corrected chi connectivity index (χ1v) is 7.12. The molecule has 1 heterocycles. The summed E-state index contributed by atoms with van der Waals surface area (Å²) in [7, 11) is 0. The van der Waals surface area contributed by atoms with Gasteiger partial charge in [0.15, 0.2) is 0 Å². The summed E-state index contributed by atoms with van der Waals surface area (Å²) in [6.45, 7) is 1.97. The third kappa shape index (κ3) is 4.23. The first kappa shape index (κ1) is 13.8. The molecule has 1 aliphatic rings. The highest BCUT2D eigenvalue weighted by atomic mass is 32.2. The van der Waals surface area contributed by atoms with Crippen LogP contribution in [0.1, 0.15) is 6.42 Å². The van der Waals surface area contributed by atoms with Gasteiger partial charge in [-0.15, -0.1) is 11.8 Å². The Morgan fingerprint density at radius 2 is 2.00 bits per heavy atom.